The molecule has 1 N–H and O–H groups in total. The summed E-state index contributed by atoms with van der Waals surface area (Å²) in [5, 5.41) is 3.48. The number of fused-ring (bicyclic) bond motifs is 1. The van der Waals surface area contributed by atoms with Gasteiger partial charge in [-0.05, 0) is 44.7 Å². The van der Waals surface area contributed by atoms with E-state index >= 15 is 0 Å². The number of aromatic nitrogens is 2. The molecule has 0 amide bonds. The summed E-state index contributed by atoms with van der Waals surface area (Å²) in [5.74, 6) is 1.03. The standard InChI is InChI=1S/C15H24N4/c1-3-19-9-8-16-10-14(19)15-17-11(2)12-6-4-5-7-13(12)18-15/h14,16H,3-10H2,1-2H3. The van der Waals surface area contributed by atoms with Crippen LogP contribution < -0.4 is 5.32 Å². The zero-order valence-corrected chi connectivity index (χ0v) is 12.1. The summed E-state index contributed by atoms with van der Waals surface area (Å²) in [6.45, 7) is 8.61. The van der Waals surface area contributed by atoms with Gasteiger partial charge in [0.25, 0.3) is 0 Å². The Morgan fingerprint density at radius 1 is 1.26 bits per heavy atom. The molecule has 4 nitrogen and oxygen atoms in total. The normalized spacial score (nSPS) is 24.2. The molecule has 3 rings (SSSR count). The maximum absolute atomic E-state index is 4.90. The molecule has 1 aliphatic carbocycles. The summed E-state index contributed by atoms with van der Waals surface area (Å²) in [7, 11) is 0. The molecule has 1 atom stereocenters. The molecule has 0 bridgehead atoms. The van der Waals surface area contributed by atoms with Gasteiger partial charge in [-0.2, -0.15) is 0 Å². The molecule has 19 heavy (non-hydrogen) atoms. The third-order valence-electron chi connectivity index (χ3n) is 4.47. The van der Waals surface area contributed by atoms with E-state index in [0.717, 1.165) is 38.4 Å². The predicted octanol–water partition coefficient (Wildman–Crippen LogP) is 1.63. The monoisotopic (exact) mass is 260 g/mol. The van der Waals surface area contributed by atoms with Crippen LogP contribution in [-0.4, -0.2) is 41.0 Å². The number of likely N-dealkylation sites (N-methyl/N-ethyl adjacent to an activating group) is 1. The lowest BCUT2D eigenvalue weighted by molar-refractivity contribution is 0.163. The van der Waals surface area contributed by atoms with E-state index in [2.05, 4.69) is 24.1 Å². The van der Waals surface area contributed by atoms with E-state index in [1.807, 2.05) is 0 Å². The van der Waals surface area contributed by atoms with Crippen molar-refractivity contribution in [3.05, 3.63) is 22.8 Å². The van der Waals surface area contributed by atoms with Gasteiger partial charge < -0.3 is 5.32 Å². The number of hydrogen-bond donors (Lipinski definition) is 1. The second kappa shape index (κ2) is 5.55. The van der Waals surface area contributed by atoms with Gasteiger partial charge in [-0.25, -0.2) is 9.97 Å². The molecule has 1 aromatic heterocycles. The fraction of sp³-hybridized carbons (Fsp3) is 0.733. The topological polar surface area (TPSA) is 41.0 Å². The molecule has 1 fully saturated rings. The van der Waals surface area contributed by atoms with Gasteiger partial charge >= 0.3 is 0 Å². The van der Waals surface area contributed by atoms with Crippen LogP contribution in [0.3, 0.4) is 0 Å². The first-order chi connectivity index (χ1) is 9.29. The lowest BCUT2D eigenvalue weighted by Crippen LogP contribution is -2.46. The molecule has 1 saturated heterocycles. The van der Waals surface area contributed by atoms with Crippen molar-refractivity contribution in [1.82, 2.24) is 20.2 Å². The van der Waals surface area contributed by atoms with Gasteiger partial charge in [0.05, 0.1) is 6.04 Å². The fourth-order valence-corrected chi connectivity index (χ4v) is 3.33. The van der Waals surface area contributed by atoms with Crippen LogP contribution in [0.25, 0.3) is 0 Å². The molecule has 1 unspecified atom stereocenters. The molecular formula is C15H24N4. The van der Waals surface area contributed by atoms with E-state index in [1.54, 1.807) is 0 Å². The SMILES string of the molecule is CCN1CCNCC1c1nc(C)c2c(n1)CCCC2. The second-order valence-corrected chi connectivity index (χ2v) is 5.65. The minimum atomic E-state index is 0.352. The third kappa shape index (κ3) is 2.51. The van der Waals surface area contributed by atoms with Crippen LogP contribution in [0.1, 0.15) is 48.6 Å². The molecule has 104 valence electrons. The molecule has 0 saturated carbocycles. The molecule has 4 heteroatoms. The van der Waals surface area contributed by atoms with Crippen molar-refractivity contribution in [3.8, 4) is 0 Å². The van der Waals surface area contributed by atoms with Crippen LogP contribution >= 0.6 is 0 Å². The van der Waals surface area contributed by atoms with E-state index in [-0.39, 0.29) is 0 Å². The van der Waals surface area contributed by atoms with Crippen LogP contribution in [0.5, 0.6) is 0 Å². The number of rotatable bonds is 2. The van der Waals surface area contributed by atoms with Gasteiger partial charge in [0.2, 0.25) is 0 Å². The average Bonchev–Trinajstić information content (AvgIpc) is 2.47. The van der Waals surface area contributed by atoms with E-state index in [1.165, 1.54) is 36.2 Å². The van der Waals surface area contributed by atoms with Gasteiger partial charge in [-0.1, -0.05) is 6.92 Å². The maximum Gasteiger partial charge on any atom is 0.147 e. The van der Waals surface area contributed by atoms with Gasteiger partial charge in [-0.3, -0.25) is 4.90 Å². The van der Waals surface area contributed by atoms with Crippen molar-refractivity contribution < 1.29 is 0 Å². The minimum absolute atomic E-state index is 0.352. The van der Waals surface area contributed by atoms with E-state index in [4.69, 9.17) is 9.97 Å². The maximum atomic E-state index is 4.90. The highest BCUT2D eigenvalue weighted by Gasteiger charge is 2.26. The van der Waals surface area contributed by atoms with Crippen molar-refractivity contribution in [2.24, 2.45) is 0 Å². The van der Waals surface area contributed by atoms with Crippen molar-refractivity contribution in [2.75, 3.05) is 26.2 Å². The quantitative estimate of drug-likeness (QED) is 0.877. The Balaban J connectivity index is 1.93. The zero-order valence-electron chi connectivity index (χ0n) is 12.1. The Bertz CT molecular complexity index is 458. The number of aryl methyl sites for hydroxylation is 2. The fourth-order valence-electron chi connectivity index (χ4n) is 3.33. The molecular weight excluding hydrogens is 236 g/mol. The van der Waals surface area contributed by atoms with Gasteiger partial charge in [0.15, 0.2) is 0 Å². The van der Waals surface area contributed by atoms with E-state index in [0.29, 0.717) is 6.04 Å². The minimum Gasteiger partial charge on any atom is -0.313 e. The highest BCUT2D eigenvalue weighted by Crippen LogP contribution is 2.25. The van der Waals surface area contributed by atoms with Crippen molar-refractivity contribution >= 4 is 0 Å². The Morgan fingerprint density at radius 3 is 2.95 bits per heavy atom. The molecule has 0 spiro atoms. The first kappa shape index (κ1) is 13.0. The molecule has 2 heterocycles. The van der Waals surface area contributed by atoms with Crippen LogP contribution in [0.2, 0.25) is 0 Å². The molecule has 1 aromatic rings. The van der Waals surface area contributed by atoms with Crippen molar-refractivity contribution in [3.63, 3.8) is 0 Å². The molecule has 2 aliphatic rings. The Hall–Kier alpha value is -1.00. The second-order valence-electron chi connectivity index (χ2n) is 5.65. The Morgan fingerprint density at radius 2 is 2.11 bits per heavy atom. The summed E-state index contributed by atoms with van der Waals surface area (Å²) < 4.78 is 0. The smallest absolute Gasteiger partial charge is 0.147 e. The van der Waals surface area contributed by atoms with Gasteiger partial charge in [0, 0.05) is 31.0 Å². The summed E-state index contributed by atoms with van der Waals surface area (Å²) >= 11 is 0. The van der Waals surface area contributed by atoms with Gasteiger partial charge in [0.1, 0.15) is 5.82 Å². The summed E-state index contributed by atoms with van der Waals surface area (Å²) in [5.41, 5.74) is 3.94. The first-order valence-corrected chi connectivity index (χ1v) is 7.60. The highest BCUT2D eigenvalue weighted by atomic mass is 15.2. The summed E-state index contributed by atoms with van der Waals surface area (Å²) in [6, 6.07) is 0.352. The molecule has 1 aliphatic heterocycles. The lowest BCUT2D eigenvalue weighted by Gasteiger charge is -2.34. The van der Waals surface area contributed by atoms with Crippen LogP contribution in [0, 0.1) is 6.92 Å². The lowest BCUT2D eigenvalue weighted by atomic mass is 9.94. The van der Waals surface area contributed by atoms with Crippen LogP contribution in [-0.2, 0) is 12.8 Å². The van der Waals surface area contributed by atoms with E-state index < -0.39 is 0 Å². The zero-order chi connectivity index (χ0) is 13.2. The molecule has 0 radical (unpaired) electrons. The number of nitrogens with zero attached hydrogens (tertiary/aromatic N) is 3. The Labute approximate surface area is 115 Å². The molecule has 0 aromatic carbocycles. The summed E-state index contributed by atoms with van der Waals surface area (Å²) in [4.78, 5) is 12.2. The predicted molar refractivity (Wildman–Crippen MR) is 76.3 cm³/mol. The van der Waals surface area contributed by atoms with Crippen molar-refractivity contribution in [2.45, 2.75) is 45.6 Å². The number of hydrogen-bond acceptors (Lipinski definition) is 4. The van der Waals surface area contributed by atoms with Crippen LogP contribution in [0.15, 0.2) is 0 Å². The van der Waals surface area contributed by atoms with Gasteiger partial charge in [-0.15, -0.1) is 0 Å². The Kier molecular flexibility index (Phi) is 3.80. The average molecular weight is 260 g/mol. The highest BCUT2D eigenvalue weighted by molar-refractivity contribution is 5.28. The number of piperazine rings is 1. The first-order valence-electron chi connectivity index (χ1n) is 7.60. The largest absolute Gasteiger partial charge is 0.313 e. The third-order valence-corrected chi connectivity index (χ3v) is 4.47. The van der Waals surface area contributed by atoms with Crippen LogP contribution in [0.4, 0.5) is 0 Å². The van der Waals surface area contributed by atoms with E-state index in [9.17, 15) is 0 Å². The summed E-state index contributed by atoms with van der Waals surface area (Å²) in [6.07, 6.45) is 4.88. The van der Waals surface area contributed by atoms with Crippen molar-refractivity contribution in [1.29, 1.82) is 0 Å². The number of nitrogens with one attached hydrogen (secondary N) is 1.